The normalized spacial score (nSPS) is 20.0. The molecule has 0 N–H and O–H groups in total. The van der Waals surface area contributed by atoms with Gasteiger partial charge in [0.25, 0.3) is 0 Å². The molecule has 1 aromatic carbocycles. The van der Waals surface area contributed by atoms with Crippen LogP contribution in [0.4, 0.5) is 0 Å². The lowest BCUT2D eigenvalue weighted by molar-refractivity contribution is 0.584. The quantitative estimate of drug-likeness (QED) is 0.620. The van der Waals surface area contributed by atoms with E-state index in [4.69, 9.17) is 4.99 Å². The Bertz CT molecular complexity index is 636. The Labute approximate surface area is 129 Å². The highest BCUT2D eigenvalue weighted by Gasteiger charge is 2.22. The van der Waals surface area contributed by atoms with Crippen LogP contribution < -0.4 is 0 Å². The Kier molecular flexibility index (Phi) is 4.22. The fourth-order valence-corrected chi connectivity index (χ4v) is 3.18. The molecule has 0 saturated carbocycles. The third-order valence-electron chi connectivity index (χ3n) is 4.06. The van der Waals surface area contributed by atoms with Crippen molar-refractivity contribution in [1.82, 2.24) is 0 Å². The molecule has 21 heavy (non-hydrogen) atoms. The molecule has 112 valence electrons. The number of allylic oxidation sites excluding steroid dienone is 4. The highest BCUT2D eigenvalue weighted by atomic mass is 14.8. The summed E-state index contributed by atoms with van der Waals surface area (Å²) >= 11 is 0. The van der Waals surface area contributed by atoms with Gasteiger partial charge in [-0.3, -0.25) is 4.99 Å². The standard InChI is InChI=1S/C20H27N/c1-13-12-14(2)19(15(13)3)18-11-9-8-10-17(18)16(4)21-20(5,6)7/h8-12,14H,1-7H3. The van der Waals surface area contributed by atoms with E-state index in [1.807, 2.05) is 0 Å². The minimum Gasteiger partial charge on any atom is -0.284 e. The van der Waals surface area contributed by atoms with Crippen molar-refractivity contribution in [2.24, 2.45) is 10.9 Å². The predicted octanol–water partition coefficient (Wildman–Crippen LogP) is 5.66. The van der Waals surface area contributed by atoms with Crippen molar-refractivity contribution in [1.29, 1.82) is 0 Å². The second-order valence-corrected chi connectivity index (χ2v) is 7.09. The summed E-state index contributed by atoms with van der Waals surface area (Å²) in [7, 11) is 0. The number of nitrogens with zero attached hydrogens (tertiary/aromatic N) is 1. The van der Waals surface area contributed by atoms with Crippen LogP contribution in [-0.4, -0.2) is 11.3 Å². The van der Waals surface area contributed by atoms with Gasteiger partial charge < -0.3 is 0 Å². The van der Waals surface area contributed by atoms with Gasteiger partial charge >= 0.3 is 0 Å². The first kappa shape index (κ1) is 15.8. The van der Waals surface area contributed by atoms with Crippen LogP contribution in [0, 0.1) is 5.92 Å². The van der Waals surface area contributed by atoms with E-state index in [1.165, 1.54) is 27.8 Å². The molecule has 0 aromatic heterocycles. The lowest BCUT2D eigenvalue weighted by Gasteiger charge is -2.19. The summed E-state index contributed by atoms with van der Waals surface area (Å²) in [4.78, 5) is 4.86. The van der Waals surface area contributed by atoms with Gasteiger partial charge in [0.2, 0.25) is 0 Å². The largest absolute Gasteiger partial charge is 0.284 e. The molecule has 1 nitrogen and oxygen atoms in total. The van der Waals surface area contributed by atoms with Crippen LogP contribution in [0.5, 0.6) is 0 Å². The van der Waals surface area contributed by atoms with Crippen molar-refractivity contribution in [2.45, 2.75) is 54.0 Å². The van der Waals surface area contributed by atoms with E-state index in [0.717, 1.165) is 5.71 Å². The van der Waals surface area contributed by atoms with Gasteiger partial charge in [-0.2, -0.15) is 0 Å². The van der Waals surface area contributed by atoms with Gasteiger partial charge in [-0.15, -0.1) is 0 Å². The lowest BCUT2D eigenvalue weighted by Crippen LogP contribution is -2.14. The van der Waals surface area contributed by atoms with Crippen molar-refractivity contribution in [2.75, 3.05) is 0 Å². The summed E-state index contributed by atoms with van der Waals surface area (Å²) in [6, 6.07) is 8.67. The molecule has 0 radical (unpaired) electrons. The number of hydrogen-bond donors (Lipinski definition) is 0. The number of aliphatic imine (C=N–C) groups is 1. The number of benzene rings is 1. The summed E-state index contributed by atoms with van der Waals surface area (Å²) in [6.07, 6.45) is 2.36. The first-order chi connectivity index (χ1) is 9.70. The molecule has 1 aliphatic rings. The summed E-state index contributed by atoms with van der Waals surface area (Å²) in [6.45, 7) is 15.3. The van der Waals surface area contributed by atoms with Crippen molar-refractivity contribution >= 4 is 11.3 Å². The van der Waals surface area contributed by atoms with Crippen molar-refractivity contribution in [3.8, 4) is 0 Å². The Morgan fingerprint density at radius 2 is 1.71 bits per heavy atom. The Morgan fingerprint density at radius 3 is 2.24 bits per heavy atom. The Balaban J connectivity index is 2.57. The molecule has 1 unspecified atom stereocenters. The topological polar surface area (TPSA) is 12.4 Å². The van der Waals surface area contributed by atoms with Crippen molar-refractivity contribution < 1.29 is 0 Å². The molecule has 0 aliphatic heterocycles. The maximum Gasteiger partial charge on any atom is 0.0527 e. The maximum atomic E-state index is 4.86. The van der Waals surface area contributed by atoms with E-state index in [2.05, 4.69) is 78.8 Å². The van der Waals surface area contributed by atoms with E-state index in [1.54, 1.807) is 0 Å². The van der Waals surface area contributed by atoms with Gasteiger partial charge in [-0.1, -0.05) is 42.8 Å². The molecule has 1 heteroatoms. The van der Waals surface area contributed by atoms with Crippen LogP contribution >= 0.6 is 0 Å². The van der Waals surface area contributed by atoms with Crippen LogP contribution in [0.2, 0.25) is 0 Å². The van der Waals surface area contributed by atoms with Crippen LogP contribution in [0.1, 0.15) is 59.6 Å². The monoisotopic (exact) mass is 281 g/mol. The molecule has 1 atom stereocenters. The van der Waals surface area contributed by atoms with Crippen molar-refractivity contribution in [3.63, 3.8) is 0 Å². The molecular weight excluding hydrogens is 254 g/mol. The average Bonchev–Trinajstić information content (AvgIpc) is 2.61. The predicted molar refractivity (Wildman–Crippen MR) is 93.9 cm³/mol. The summed E-state index contributed by atoms with van der Waals surface area (Å²) in [5, 5.41) is 0. The van der Waals surface area contributed by atoms with Crippen LogP contribution in [0.15, 0.2) is 46.5 Å². The highest BCUT2D eigenvalue weighted by Crippen LogP contribution is 2.39. The zero-order valence-electron chi connectivity index (χ0n) is 14.4. The van der Waals surface area contributed by atoms with Crippen LogP contribution in [0.25, 0.3) is 5.57 Å². The lowest BCUT2D eigenvalue weighted by atomic mass is 9.89. The van der Waals surface area contributed by atoms with Crippen LogP contribution in [0.3, 0.4) is 0 Å². The molecule has 2 rings (SSSR count). The fraction of sp³-hybridized carbons (Fsp3) is 0.450. The molecule has 1 aliphatic carbocycles. The number of hydrogen-bond acceptors (Lipinski definition) is 1. The van der Waals surface area contributed by atoms with Gasteiger partial charge in [0, 0.05) is 17.2 Å². The zero-order chi connectivity index (χ0) is 15.8. The maximum absolute atomic E-state index is 4.86. The van der Waals surface area contributed by atoms with E-state index >= 15 is 0 Å². The Morgan fingerprint density at radius 1 is 1.10 bits per heavy atom. The minimum atomic E-state index is -0.0456. The molecule has 0 saturated heterocycles. The summed E-state index contributed by atoms with van der Waals surface area (Å²) < 4.78 is 0. The van der Waals surface area contributed by atoms with Gasteiger partial charge in [0.1, 0.15) is 0 Å². The first-order valence-corrected chi connectivity index (χ1v) is 7.76. The molecule has 0 fully saturated rings. The van der Waals surface area contributed by atoms with Crippen molar-refractivity contribution in [3.05, 3.63) is 52.6 Å². The molecular formula is C20H27N. The third-order valence-corrected chi connectivity index (χ3v) is 4.06. The van der Waals surface area contributed by atoms with Crippen LogP contribution in [-0.2, 0) is 0 Å². The second kappa shape index (κ2) is 5.63. The highest BCUT2D eigenvalue weighted by molar-refractivity contribution is 6.04. The molecule has 1 aromatic rings. The van der Waals surface area contributed by atoms with E-state index < -0.39 is 0 Å². The third kappa shape index (κ3) is 3.34. The Hall–Kier alpha value is -1.63. The molecule has 0 bridgehead atoms. The van der Waals surface area contributed by atoms with E-state index in [0.29, 0.717) is 5.92 Å². The smallest absolute Gasteiger partial charge is 0.0527 e. The summed E-state index contributed by atoms with van der Waals surface area (Å²) in [5.74, 6) is 0.480. The van der Waals surface area contributed by atoms with E-state index in [-0.39, 0.29) is 5.54 Å². The fourth-order valence-electron chi connectivity index (χ4n) is 3.18. The van der Waals surface area contributed by atoms with Gasteiger partial charge in [-0.05, 0) is 58.3 Å². The second-order valence-electron chi connectivity index (χ2n) is 7.09. The van der Waals surface area contributed by atoms with Gasteiger partial charge in [-0.25, -0.2) is 0 Å². The molecule has 0 heterocycles. The van der Waals surface area contributed by atoms with Gasteiger partial charge in [0.05, 0.1) is 5.54 Å². The van der Waals surface area contributed by atoms with E-state index in [9.17, 15) is 0 Å². The minimum absolute atomic E-state index is 0.0456. The molecule has 0 amide bonds. The first-order valence-electron chi connectivity index (χ1n) is 7.76. The number of rotatable bonds is 2. The zero-order valence-corrected chi connectivity index (χ0v) is 14.4. The SMILES string of the molecule is CC1=CC(C)C(c2ccccc2C(C)=NC(C)(C)C)=C1C. The average molecular weight is 281 g/mol. The van der Waals surface area contributed by atoms with Gasteiger partial charge in [0.15, 0.2) is 0 Å². The summed E-state index contributed by atoms with van der Waals surface area (Å²) in [5.41, 5.74) is 7.94. The molecule has 0 spiro atoms.